The highest BCUT2D eigenvalue weighted by Crippen LogP contribution is 2.37. The molecule has 1 aromatic heterocycles. The summed E-state index contributed by atoms with van der Waals surface area (Å²) in [6, 6.07) is 3.76. The minimum atomic E-state index is -4.64. The fourth-order valence-electron chi connectivity index (χ4n) is 2.09. The molecular formula is C13H11F4NO2. The molecule has 0 unspecified atom stereocenters. The molecule has 0 aliphatic rings. The molecule has 0 aliphatic carbocycles. The molecule has 1 aromatic carbocycles. The number of carbonyl (C=O) groups excluding carboxylic acids is 1. The third-order valence-electron chi connectivity index (χ3n) is 2.97. The predicted molar refractivity (Wildman–Crippen MR) is 63.6 cm³/mol. The van der Waals surface area contributed by atoms with Crippen LogP contribution in [0.25, 0.3) is 10.9 Å². The normalized spacial score (nSPS) is 11.8. The number of hydrogen-bond acceptors (Lipinski definition) is 2. The summed E-state index contributed by atoms with van der Waals surface area (Å²) < 4.78 is 57.0. The van der Waals surface area contributed by atoms with Crippen LogP contribution in [0.3, 0.4) is 0 Å². The van der Waals surface area contributed by atoms with Crippen LogP contribution in [0.5, 0.6) is 0 Å². The molecule has 0 saturated carbocycles. The van der Waals surface area contributed by atoms with E-state index < -0.39 is 23.7 Å². The Labute approximate surface area is 111 Å². The fourth-order valence-corrected chi connectivity index (χ4v) is 2.09. The van der Waals surface area contributed by atoms with Gasteiger partial charge in [0.1, 0.15) is 11.5 Å². The third-order valence-corrected chi connectivity index (χ3v) is 2.97. The van der Waals surface area contributed by atoms with E-state index in [9.17, 15) is 22.4 Å². The Morgan fingerprint density at radius 1 is 1.35 bits per heavy atom. The molecule has 0 bridgehead atoms. The van der Waals surface area contributed by atoms with E-state index in [1.165, 1.54) is 12.1 Å². The summed E-state index contributed by atoms with van der Waals surface area (Å²) in [5, 5.41) is -0.135. The second-order valence-corrected chi connectivity index (χ2v) is 4.21. The van der Waals surface area contributed by atoms with Crippen LogP contribution in [0.4, 0.5) is 17.6 Å². The standard InChI is InChI=1S/C13H11F4NO2/c1-20-10(19)6-5-7-11-8(14)3-2-4-9(11)18-12(7)13(15,16)17/h2-4,18H,5-6H2,1H3. The van der Waals surface area contributed by atoms with Gasteiger partial charge in [-0.05, 0) is 24.1 Å². The number of nitrogens with one attached hydrogen (secondary N) is 1. The Kier molecular flexibility index (Phi) is 3.69. The van der Waals surface area contributed by atoms with Crippen LogP contribution < -0.4 is 0 Å². The number of benzene rings is 1. The maximum Gasteiger partial charge on any atom is 0.431 e. The summed E-state index contributed by atoms with van der Waals surface area (Å²) in [6.45, 7) is 0. The number of halogens is 4. The van der Waals surface area contributed by atoms with E-state index in [-0.39, 0.29) is 29.3 Å². The van der Waals surface area contributed by atoms with Gasteiger partial charge in [0, 0.05) is 17.3 Å². The van der Waals surface area contributed by atoms with Crippen LogP contribution in [0, 0.1) is 5.82 Å². The zero-order valence-electron chi connectivity index (χ0n) is 10.5. The van der Waals surface area contributed by atoms with Gasteiger partial charge in [0.25, 0.3) is 0 Å². The predicted octanol–water partition coefficient (Wildman–Crippen LogP) is 3.43. The van der Waals surface area contributed by atoms with Crippen LogP contribution >= 0.6 is 0 Å². The Bertz CT molecular complexity index is 646. The highest BCUT2D eigenvalue weighted by Gasteiger charge is 2.36. The summed E-state index contributed by atoms with van der Waals surface area (Å²) in [7, 11) is 1.14. The molecule has 0 amide bonds. The number of rotatable bonds is 3. The zero-order chi connectivity index (χ0) is 14.9. The highest BCUT2D eigenvalue weighted by atomic mass is 19.4. The molecule has 0 spiro atoms. The van der Waals surface area contributed by atoms with E-state index in [1.807, 2.05) is 0 Å². The molecule has 1 heterocycles. The maximum absolute atomic E-state index is 13.8. The Balaban J connectivity index is 2.55. The molecule has 0 saturated heterocycles. The van der Waals surface area contributed by atoms with E-state index >= 15 is 0 Å². The van der Waals surface area contributed by atoms with Crippen molar-refractivity contribution >= 4 is 16.9 Å². The zero-order valence-corrected chi connectivity index (χ0v) is 10.5. The molecular weight excluding hydrogens is 278 g/mol. The van der Waals surface area contributed by atoms with Crippen LogP contribution in [0.1, 0.15) is 17.7 Å². The monoisotopic (exact) mass is 289 g/mol. The molecule has 20 heavy (non-hydrogen) atoms. The minimum absolute atomic E-state index is 0.0530. The van der Waals surface area contributed by atoms with E-state index in [0.717, 1.165) is 13.2 Å². The van der Waals surface area contributed by atoms with E-state index in [2.05, 4.69) is 9.72 Å². The third kappa shape index (κ3) is 2.61. The van der Waals surface area contributed by atoms with Crippen LogP contribution in [-0.2, 0) is 22.1 Å². The summed E-state index contributed by atoms with van der Waals surface area (Å²) in [5.41, 5.74) is -1.23. The molecule has 0 fully saturated rings. The van der Waals surface area contributed by atoms with Crippen molar-refractivity contribution in [3.8, 4) is 0 Å². The molecule has 3 nitrogen and oxygen atoms in total. The summed E-state index contributed by atoms with van der Waals surface area (Å²) in [4.78, 5) is 13.3. The molecule has 7 heteroatoms. The lowest BCUT2D eigenvalue weighted by molar-refractivity contribution is -0.143. The number of ether oxygens (including phenoxy) is 1. The maximum atomic E-state index is 13.8. The lowest BCUT2D eigenvalue weighted by atomic mass is 10.0. The van der Waals surface area contributed by atoms with Gasteiger partial charge in [0.15, 0.2) is 0 Å². The van der Waals surface area contributed by atoms with Crippen molar-refractivity contribution in [1.82, 2.24) is 4.98 Å². The number of esters is 1. The van der Waals surface area contributed by atoms with Crippen LogP contribution in [-0.4, -0.2) is 18.1 Å². The number of carbonyl (C=O) groups is 1. The number of alkyl halides is 3. The lowest BCUT2D eigenvalue weighted by Crippen LogP contribution is -2.10. The number of aromatic nitrogens is 1. The van der Waals surface area contributed by atoms with Gasteiger partial charge in [-0.3, -0.25) is 4.79 Å². The first-order chi connectivity index (χ1) is 9.34. The molecule has 0 radical (unpaired) electrons. The Morgan fingerprint density at radius 3 is 2.65 bits per heavy atom. The summed E-state index contributed by atoms with van der Waals surface area (Å²) >= 11 is 0. The largest absolute Gasteiger partial charge is 0.469 e. The van der Waals surface area contributed by atoms with Crippen LogP contribution in [0.15, 0.2) is 18.2 Å². The first-order valence-electron chi connectivity index (χ1n) is 5.77. The van der Waals surface area contributed by atoms with Crippen molar-refractivity contribution in [2.45, 2.75) is 19.0 Å². The van der Waals surface area contributed by atoms with Crippen molar-refractivity contribution in [3.63, 3.8) is 0 Å². The van der Waals surface area contributed by atoms with E-state index in [1.54, 1.807) is 0 Å². The van der Waals surface area contributed by atoms with Gasteiger partial charge >= 0.3 is 12.1 Å². The van der Waals surface area contributed by atoms with E-state index in [4.69, 9.17) is 0 Å². The molecule has 2 rings (SSSR count). The minimum Gasteiger partial charge on any atom is -0.469 e. The van der Waals surface area contributed by atoms with Crippen molar-refractivity contribution in [3.05, 3.63) is 35.3 Å². The number of aryl methyl sites for hydroxylation is 1. The van der Waals surface area contributed by atoms with Gasteiger partial charge in [-0.2, -0.15) is 13.2 Å². The molecule has 108 valence electrons. The average molecular weight is 289 g/mol. The van der Waals surface area contributed by atoms with Crippen LogP contribution in [0.2, 0.25) is 0 Å². The quantitative estimate of drug-likeness (QED) is 0.695. The van der Waals surface area contributed by atoms with Gasteiger partial charge in [0.05, 0.1) is 7.11 Å². The number of aromatic amines is 1. The molecule has 2 aromatic rings. The number of hydrogen-bond donors (Lipinski definition) is 1. The van der Waals surface area contributed by atoms with Crippen molar-refractivity contribution in [2.75, 3.05) is 7.11 Å². The first kappa shape index (κ1) is 14.4. The highest BCUT2D eigenvalue weighted by molar-refractivity contribution is 5.86. The smallest absolute Gasteiger partial charge is 0.431 e. The van der Waals surface area contributed by atoms with Crippen molar-refractivity contribution in [1.29, 1.82) is 0 Å². The Hall–Kier alpha value is -2.05. The Morgan fingerprint density at radius 2 is 2.05 bits per heavy atom. The van der Waals surface area contributed by atoms with Gasteiger partial charge in [-0.15, -0.1) is 0 Å². The number of fused-ring (bicyclic) bond motifs is 1. The lowest BCUT2D eigenvalue weighted by Gasteiger charge is -2.08. The second-order valence-electron chi connectivity index (χ2n) is 4.21. The fraction of sp³-hybridized carbons (Fsp3) is 0.308. The van der Waals surface area contributed by atoms with Gasteiger partial charge in [0.2, 0.25) is 0 Å². The van der Waals surface area contributed by atoms with Gasteiger partial charge in [-0.1, -0.05) is 6.07 Å². The topological polar surface area (TPSA) is 42.1 Å². The van der Waals surface area contributed by atoms with Crippen molar-refractivity contribution in [2.24, 2.45) is 0 Å². The average Bonchev–Trinajstić information content (AvgIpc) is 2.76. The molecule has 1 N–H and O–H groups in total. The molecule has 0 atom stereocenters. The van der Waals surface area contributed by atoms with Crippen molar-refractivity contribution < 1.29 is 27.1 Å². The second kappa shape index (κ2) is 5.15. The van der Waals surface area contributed by atoms with Gasteiger partial charge < -0.3 is 9.72 Å². The number of methoxy groups -OCH3 is 1. The number of H-pyrrole nitrogens is 1. The van der Waals surface area contributed by atoms with Gasteiger partial charge in [-0.25, -0.2) is 4.39 Å². The molecule has 0 aliphatic heterocycles. The summed E-state index contributed by atoms with van der Waals surface area (Å²) in [6.07, 6.45) is -5.14. The summed E-state index contributed by atoms with van der Waals surface area (Å²) in [5.74, 6) is -1.40. The van der Waals surface area contributed by atoms with E-state index in [0.29, 0.717) is 0 Å². The SMILES string of the molecule is COC(=O)CCc1c(C(F)(F)F)[nH]c2cccc(F)c12. The first-order valence-corrected chi connectivity index (χ1v) is 5.77.